The van der Waals surface area contributed by atoms with Gasteiger partial charge in [-0.1, -0.05) is 19.9 Å². The fourth-order valence-corrected chi connectivity index (χ4v) is 12.0. The summed E-state index contributed by atoms with van der Waals surface area (Å²) in [5.74, 6) is -2.50. The Bertz CT molecular complexity index is 2840. The van der Waals surface area contributed by atoms with E-state index in [1.165, 1.54) is 12.1 Å². The van der Waals surface area contributed by atoms with E-state index in [2.05, 4.69) is 72.6 Å². The number of aryl methyl sites for hydroxylation is 2. The van der Waals surface area contributed by atoms with E-state index in [-0.39, 0.29) is 30.2 Å². The van der Waals surface area contributed by atoms with Crippen LogP contribution in [-0.2, 0) is 31.8 Å². The Morgan fingerprint density at radius 3 is 2.26 bits per heavy atom. The van der Waals surface area contributed by atoms with E-state index < -0.39 is 36.5 Å². The van der Waals surface area contributed by atoms with Crippen LogP contribution in [0.3, 0.4) is 0 Å². The number of nitrogens with one attached hydrogen (secondary N) is 3. The predicted molar refractivity (Wildman–Crippen MR) is 269 cm³/mol. The molecule has 4 aliphatic heterocycles. The number of halogens is 3. The van der Waals surface area contributed by atoms with Gasteiger partial charge in [0.15, 0.2) is 0 Å². The van der Waals surface area contributed by atoms with Crippen molar-refractivity contribution in [3.8, 4) is 5.75 Å². The van der Waals surface area contributed by atoms with Crippen molar-refractivity contribution < 1.29 is 32.5 Å². The summed E-state index contributed by atoms with van der Waals surface area (Å²) in [6, 6.07) is 14.9. The highest BCUT2D eigenvalue weighted by Crippen LogP contribution is 2.43. The van der Waals surface area contributed by atoms with Gasteiger partial charge < -0.3 is 34.6 Å². The number of imide groups is 1. The van der Waals surface area contributed by atoms with Crippen molar-refractivity contribution >= 4 is 91.5 Å². The smallest absolute Gasteiger partial charge is 0.234 e. The number of hydrogen-bond donors (Lipinski definition) is 3. The standard InChI is InChI=1S/C50H58BrF2N10O5P/c1-6-29-22-41(57-50-54-26-36(51)47(59-50)56-40-12-11-39-34(46(40)69(4,5)67)9-8-31(7-2)55-39)43(68-3)25-42(29)61-16-14-32(15-17-61)60-18-20-62(21-19-60)49(66)30-27-63(28-30)33-23-37(52)45(38(53)24-33)35-10-13-44(64)58-48(35)65/h8-9,11-12,22-26,30,32,35H,6-7,10,13-21,27-28H2,1-5H3,(H,58,64,65)(H2,54,56,57,59). The first-order valence-corrected chi connectivity index (χ1v) is 27.1. The lowest BCUT2D eigenvalue weighted by Crippen LogP contribution is -2.59. The first-order valence-electron chi connectivity index (χ1n) is 23.7. The second-order valence-corrected chi connectivity index (χ2v) is 22.7. The number of piperazine rings is 1. The molecule has 3 aromatic carbocycles. The number of pyridine rings is 1. The quantitative estimate of drug-likeness (QED) is 0.0777. The lowest BCUT2D eigenvalue weighted by Gasteiger charge is -2.46. The summed E-state index contributed by atoms with van der Waals surface area (Å²) in [4.78, 5) is 60.2. The normalized spacial score (nSPS) is 18.6. The van der Waals surface area contributed by atoms with Crippen molar-refractivity contribution in [1.29, 1.82) is 0 Å². The van der Waals surface area contributed by atoms with E-state index >= 15 is 8.78 Å². The number of ether oxygens (including phenoxy) is 1. The second kappa shape index (κ2) is 20.0. The number of benzene rings is 3. The highest BCUT2D eigenvalue weighted by atomic mass is 79.9. The molecule has 6 heterocycles. The van der Waals surface area contributed by atoms with Crippen LogP contribution in [0.5, 0.6) is 5.75 Å². The monoisotopic (exact) mass is 1030 g/mol. The van der Waals surface area contributed by atoms with E-state index in [4.69, 9.17) is 14.7 Å². The number of carbonyl (C=O) groups is 3. The molecule has 0 radical (unpaired) electrons. The molecule has 4 saturated heterocycles. The molecule has 1 unspecified atom stereocenters. The summed E-state index contributed by atoms with van der Waals surface area (Å²) in [6.45, 7) is 13.0. The molecular weight excluding hydrogens is 969 g/mol. The molecule has 5 aromatic rings. The average molecular weight is 1030 g/mol. The molecule has 0 aliphatic carbocycles. The molecule has 3 N–H and O–H groups in total. The molecule has 0 bridgehead atoms. The lowest BCUT2D eigenvalue weighted by molar-refractivity contribution is -0.138. The molecule has 69 heavy (non-hydrogen) atoms. The molecule has 2 aromatic heterocycles. The topological polar surface area (TPSA) is 165 Å². The van der Waals surface area contributed by atoms with Crippen LogP contribution in [0.1, 0.15) is 62.3 Å². The summed E-state index contributed by atoms with van der Waals surface area (Å²) in [6.07, 6.45) is 5.34. The van der Waals surface area contributed by atoms with Gasteiger partial charge in [0.25, 0.3) is 0 Å². The lowest BCUT2D eigenvalue weighted by atomic mass is 9.89. The Morgan fingerprint density at radius 1 is 0.884 bits per heavy atom. The highest BCUT2D eigenvalue weighted by molar-refractivity contribution is 9.10. The van der Waals surface area contributed by atoms with Crippen LogP contribution in [0.25, 0.3) is 10.9 Å². The number of anilines is 6. The molecular formula is C50H58BrF2N10O5P. The van der Waals surface area contributed by atoms with E-state index in [1.54, 1.807) is 31.5 Å². The zero-order valence-corrected chi connectivity index (χ0v) is 42.1. The van der Waals surface area contributed by atoms with Gasteiger partial charge in [-0.3, -0.25) is 29.6 Å². The molecule has 4 fully saturated rings. The molecule has 15 nitrogen and oxygen atoms in total. The van der Waals surface area contributed by atoms with Crippen molar-refractivity contribution in [2.45, 2.75) is 64.3 Å². The number of carbonyl (C=O) groups excluding carboxylic acids is 3. The van der Waals surface area contributed by atoms with Gasteiger partial charge in [-0.15, -0.1) is 0 Å². The molecule has 0 saturated carbocycles. The minimum atomic E-state index is -2.76. The summed E-state index contributed by atoms with van der Waals surface area (Å²) in [7, 11) is -1.10. The van der Waals surface area contributed by atoms with Gasteiger partial charge in [0, 0.05) is 110 Å². The number of hydrogen-bond acceptors (Lipinski definition) is 13. The molecule has 9 rings (SSSR count). The van der Waals surface area contributed by atoms with Gasteiger partial charge in [-0.25, -0.2) is 13.8 Å². The molecule has 4 aliphatic rings. The fraction of sp³-hybridized carbons (Fsp3) is 0.440. The SMILES string of the molecule is CCc1ccc2c(P(C)(C)=O)c(Nc3nc(Nc4cc(CC)c(N5CCC(N6CCN(C(=O)C7CN(c8cc(F)c(C9CCC(=O)NC9=O)c(F)c8)C7)CC6)CC5)cc4OC)ncc3Br)ccc2n1. The van der Waals surface area contributed by atoms with E-state index in [1.807, 2.05) is 29.2 Å². The third-order valence-corrected chi connectivity index (χ3v) is 16.2. The average Bonchev–Trinajstić information content (AvgIpc) is 3.31. The van der Waals surface area contributed by atoms with Crippen molar-refractivity contribution in [1.82, 2.24) is 30.1 Å². The Morgan fingerprint density at radius 2 is 1.61 bits per heavy atom. The molecule has 19 heteroatoms. The van der Waals surface area contributed by atoms with Gasteiger partial charge in [-0.2, -0.15) is 4.98 Å². The molecule has 0 spiro atoms. The first kappa shape index (κ1) is 48.3. The van der Waals surface area contributed by atoms with Crippen molar-refractivity contribution in [3.63, 3.8) is 0 Å². The highest BCUT2D eigenvalue weighted by Gasteiger charge is 2.39. The number of nitrogens with zero attached hydrogens (tertiary/aromatic N) is 7. The zero-order valence-electron chi connectivity index (χ0n) is 39.6. The number of methoxy groups -OCH3 is 1. The van der Waals surface area contributed by atoms with Crippen molar-refractivity contribution in [3.05, 3.63) is 87.7 Å². The van der Waals surface area contributed by atoms with Crippen LogP contribution >= 0.6 is 23.1 Å². The third kappa shape index (κ3) is 10.0. The maximum absolute atomic E-state index is 15.2. The van der Waals surface area contributed by atoms with Gasteiger partial charge in [-0.05, 0) is 103 Å². The number of aromatic nitrogens is 3. The molecule has 3 amide bonds. The summed E-state index contributed by atoms with van der Waals surface area (Å²) >= 11 is 3.62. The van der Waals surface area contributed by atoms with Gasteiger partial charge >= 0.3 is 0 Å². The summed E-state index contributed by atoms with van der Waals surface area (Å²) in [5.41, 5.74) is 5.51. The first-order chi connectivity index (χ1) is 33.1. The fourth-order valence-electron chi connectivity index (χ4n) is 10.3. The Labute approximate surface area is 409 Å². The van der Waals surface area contributed by atoms with Crippen LogP contribution < -0.4 is 35.8 Å². The zero-order chi connectivity index (χ0) is 48.7. The van der Waals surface area contributed by atoms with Crippen molar-refractivity contribution in [2.24, 2.45) is 5.92 Å². The number of rotatable bonds is 13. The third-order valence-electron chi connectivity index (χ3n) is 14.0. The van der Waals surface area contributed by atoms with Crippen LogP contribution in [0.15, 0.2) is 59.2 Å². The van der Waals surface area contributed by atoms with E-state index in [0.29, 0.717) is 70.9 Å². The van der Waals surface area contributed by atoms with Crippen LogP contribution in [0.4, 0.5) is 43.3 Å². The van der Waals surface area contributed by atoms with Crippen LogP contribution in [0.2, 0.25) is 0 Å². The number of piperidine rings is 2. The van der Waals surface area contributed by atoms with Gasteiger partial charge in [0.2, 0.25) is 23.7 Å². The minimum Gasteiger partial charge on any atom is -0.494 e. The maximum atomic E-state index is 15.2. The Hall–Kier alpha value is -5.71. The second-order valence-electron chi connectivity index (χ2n) is 18.7. The van der Waals surface area contributed by atoms with Crippen molar-refractivity contribution in [2.75, 3.05) is 93.2 Å². The number of fused-ring (bicyclic) bond motifs is 1. The van der Waals surface area contributed by atoms with Crippen LogP contribution in [0, 0.1) is 17.6 Å². The van der Waals surface area contributed by atoms with E-state index in [9.17, 15) is 18.9 Å². The van der Waals surface area contributed by atoms with Crippen LogP contribution in [-0.4, -0.2) is 121 Å². The Kier molecular flexibility index (Phi) is 14.0. The van der Waals surface area contributed by atoms with E-state index in [0.717, 1.165) is 85.4 Å². The van der Waals surface area contributed by atoms with Gasteiger partial charge in [0.1, 0.15) is 30.3 Å². The Balaban J connectivity index is 0.790. The summed E-state index contributed by atoms with van der Waals surface area (Å²) < 4.78 is 50.7. The largest absolute Gasteiger partial charge is 0.494 e. The minimum absolute atomic E-state index is 0.0262. The predicted octanol–water partition coefficient (Wildman–Crippen LogP) is 7.70. The van der Waals surface area contributed by atoms with Gasteiger partial charge in [0.05, 0.1) is 40.3 Å². The number of amides is 3. The molecule has 1 atom stereocenters. The summed E-state index contributed by atoms with van der Waals surface area (Å²) in [5, 5.41) is 10.6. The maximum Gasteiger partial charge on any atom is 0.234 e. The molecule has 364 valence electrons.